The molecule has 0 spiro atoms. The Morgan fingerprint density at radius 2 is 2.25 bits per heavy atom. The van der Waals surface area contributed by atoms with Crippen molar-refractivity contribution in [2.75, 3.05) is 26.2 Å². The molecule has 2 fully saturated rings. The summed E-state index contributed by atoms with van der Waals surface area (Å²) in [5.41, 5.74) is 1.46. The highest BCUT2D eigenvalue weighted by atomic mass is 32.1. The third-order valence-corrected chi connectivity index (χ3v) is 5.58. The maximum absolute atomic E-state index is 6.17. The van der Waals surface area contributed by atoms with Gasteiger partial charge in [-0.05, 0) is 48.3 Å². The second-order valence-electron chi connectivity index (χ2n) is 5.89. The van der Waals surface area contributed by atoms with E-state index in [4.69, 9.17) is 4.74 Å². The van der Waals surface area contributed by atoms with Crippen LogP contribution in [0.5, 0.6) is 0 Å². The smallest absolute Gasteiger partial charge is 0.0897 e. The van der Waals surface area contributed by atoms with Gasteiger partial charge in [-0.15, -0.1) is 0 Å². The first kappa shape index (κ1) is 14.5. The molecule has 0 N–H and O–H groups in total. The quantitative estimate of drug-likeness (QED) is 0.830. The van der Waals surface area contributed by atoms with Crippen LogP contribution in [-0.2, 0) is 11.3 Å². The van der Waals surface area contributed by atoms with Crippen LogP contribution >= 0.6 is 11.3 Å². The molecule has 0 unspecified atom stereocenters. The Kier molecular flexibility index (Phi) is 4.76. The summed E-state index contributed by atoms with van der Waals surface area (Å²) < 4.78 is 6.17. The van der Waals surface area contributed by atoms with Crippen molar-refractivity contribution in [2.24, 2.45) is 0 Å². The molecule has 3 rings (SSSR count). The second-order valence-corrected chi connectivity index (χ2v) is 6.67. The summed E-state index contributed by atoms with van der Waals surface area (Å²) in [6, 6.07) is 3.46. The zero-order valence-electron chi connectivity index (χ0n) is 12.6. The van der Waals surface area contributed by atoms with Crippen LogP contribution in [0.3, 0.4) is 0 Å². The third kappa shape index (κ3) is 2.80. The van der Waals surface area contributed by atoms with Gasteiger partial charge in [-0.2, -0.15) is 11.3 Å². The van der Waals surface area contributed by atoms with Gasteiger partial charge in [-0.1, -0.05) is 13.8 Å². The van der Waals surface area contributed by atoms with E-state index in [0.29, 0.717) is 18.2 Å². The van der Waals surface area contributed by atoms with E-state index in [2.05, 4.69) is 40.5 Å². The van der Waals surface area contributed by atoms with E-state index in [1.54, 1.807) is 11.3 Å². The highest BCUT2D eigenvalue weighted by Gasteiger charge is 2.45. The zero-order valence-corrected chi connectivity index (χ0v) is 13.4. The number of fused-ring (bicyclic) bond motifs is 1. The van der Waals surface area contributed by atoms with Crippen molar-refractivity contribution in [1.29, 1.82) is 0 Å². The minimum atomic E-state index is 0.419. The van der Waals surface area contributed by atoms with Crippen LogP contribution in [0.4, 0.5) is 0 Å². The second kappa shape index (κ2) is 6.56. The molecule has 0 radical (unpaired) electrons. The first-order chi connectivity index (χ1) is 9.83. The summed E-state index contributed by atoms with van der Waals surface area (Å²) in [7, 11) is 0. The lowest BCUT2D eigenvalue weighted by atomic mass is 10.00. The van der Waals surface area contributed by atoms with Gasteiger partial charge in [0.15, 0.2) is 0 Å². The molecule has 3 atom stereocenters. The van der Waals surface area contributed by atoms with Gasteiger partial charge in [0.1, 0.15) is 0 Å². The SMILES string of the molecule is CCN(CC)[C@@H]1CN(Cc2ccsc2)[C@@H]2CCCO[C@H]12. The fourth-order valence-corrected chi connectivity index (χ4v) is 4.50. The maximum atomic E-state index is 6.17. The summed E-state index contributed by atoms with van der Waals surface area (Å²) in [5, 5.41) is 4.46. The number of hydrogen-bond acceptors (Lipinski definition) is 4. The molecule has 2 aliphatic heterocycles. The van der Waals surface area contributed by atoms with E-state index >= 15 is 0 Å². The summed E-state index contributed by atoms with van der Waals surface area (Å²) >= 11 is 1.80. The van der Waals surface area contributed by atoms with Crippen molar-refractivity contribution in [3.05, 3.63) is 22.4 Å². The van der Waals surface area contributed by atoms with Crippen molar-refractivity contribution < 1.29 is 4.74 Å². The predicted molar refractivity (Wildman–Crippen MR) is 84.2 cm³/mol. The van der Waals surface area contributed by atoms with Gasteiger partial charge < -0.3 is 4.74 Å². The Morgan fingerprint density at radius 1 is 1.40 bits per heavy atom. The van der Waals surface area contributed by atoms with E-state index in [1.807, 2.05) is 0 Å². The van der Waals surface area contributed by atoms with Gasteiger partial charge in [0.2, 0.25) is 0 Å². The highest BCUT2D eigenvalue weighted by molar-refractivity contribution is 7.07. The topological polar surface area (TPSA) is 15.7 Å². The molecular weight excluding hydrogens is 268 g/mol. The molecule has 4 heteroatoms. The van der Waals surface area contributed by atoms with Crippen LogP contribution in [-0.4, -0.2) is 54.2 Å². The lowest BCUT2D eigenvalue weighted by molar-refractivity contribution is -0.0397. The molecule has 112 valence electrons. The molecule has 0 saturated carbocycles. The number of rotatable bonds is 5. The molecule has 3 heterocycles. The molecule has 0 bridgehead atoms. The molecule has 1 aromatic heterocycles. The van der Waals surface area contributed by atoms with E-state index in [1.165, 1.54) is 18.4 Å². The van der Waals surface area contributed by atoms with Gasteiger partial charge in [-0.3, -0.25) is 9.80 Å². The van der Waals surface area contributed by atoms with E-state index < -0.39 is 0 Å². The number of ether oxygens (including phenoxy) is 1. The Bertz CT molecular complexity index is 405. The fraction of sp³-hybridized carbons (Fsp3) is 0.750. The molecule has 0 aromatic carbocycles. The Hall–Kier alpha value is -0.420. The zero-order chi connectivity index (χ0) is 13.9. The summed E-state index contributed by atoms with van der Waals surface area (Å²) in [5.74, 6) is 0. The number of thiophene rings is 1. The van der Waals surface area contributed by atoms with E-state index in [9.17, 15) is 0 Å². The van der Waals surface area contributed by atoms with Crippen LogP contribution in [0.25, 0.3) is 0 Å². The van der Waals surface area contributed by atoms with Gasteiger partial charge in [0.05, 0.1) is 12.1 Å². The average molecular weight is 294 g/mol. The molecule has 0 aliphatic carbocycles. The van der Waals surface area contributed by atoms with Gasteiger partial charge in [0, 0.05) is 25.7 Å². The van der Waals surface area contributed by atoms with E-state index in [0.717, 1.165) is 32.8 Å². The van der Waals surface area contributed by atoms with Crippen LogP contribution in [0.15, 0.2) is 16.8 Å². The number of likely N-dealkylation sites (N-methyl/N-ethyl adjacent to an activating group) is 1. The Morgan fingerprint density at radius 3 is 2.95 bits per heavy atom. The molecular formula is C16H26N2OS. The minimum absolute atomic E-state index is 0.419. The van der Waals surface area contributed by atoms with Gasteiger partial charge in [-0.25, -0.2) is 0 Å². The Balaban J connectivity index is 1.74. The van der Waals surface area contributed by atoms with Gasteiger partial charge in [0.25, 0.3) is 0 Å². The maximum Gasteiger partial charge on any atom is 0.0897 e. The average Bonchev–Trinajstić information content (AvgIpc) is 3.10. The predicted octanol–water partition coefficient (Wildman–Crippen LogP) is 2.82. The number of likely N-dealkylation sites (tertiary alicyclic amines) is 1. The first-order valence-electron chi connectivity index (χ1n) is 7.94. The summed E-state index contributed by atoms with van der Waals surface area (Å²) in [6.07, 6.45) is 2.93. The van der Waals surface area contributed by atoms with Crippen LogP contribution in [0.2, 0.25) is 0 Å². The van der Waals surface area contributed by atoms with Crippen LogP contribution in [0, 0.1) is 0 Å². The van der Waals surface area contributed by atoms with Gasteiger partial charge >= 0.3 is 0 Å². The lowest BCUT2D eigenvalue weighted by Gasteiger charge is -2.35. The summed E-state index contributed by atoms with van der Waals surface area (Å²) in [6.45, 7) is 9.98. The molecule has 2 saturated heterocycles. The molecule has 20 heavy (non-hydrogen) atoms. The third-order valence-electron chi connectivity index (χ3n) is 4.85. The molecule has 0 amide bonds. The Labute approximate surface area is 126 Å². The lowest BCUT2D eigenvalue weighted by Crippen LogP contribution is -2.47. The number of hydrogen-bond donors (Lipinski definition) is 0. The minimum Gasteiger partial charge on any atom is -0.375 e. The first-order valence-corrected chi connectivity index (χ1v) is 8.88. The normalized spacial score (nSPS) is 30.9. The van der Waals surface area contributed by atoms with E-state index in [-0.39, 0.29) is 0 Å². The van der Waals surface area contributed by atoms with Crippen molar-refractivity contribution in [3.8, 4) is 0 Å². The summed E-state index contributed by atoms with van der Waals surface area (Å²) in [4.78, 5) is 5.24. The molecule has 1 aromatic rings. The highest BCUT2D eigenvalue weighted by Crippen LogP contribution is 2.32. The van der Waals surface area contributed by atoms with Crippen molar-refractivity contribution in [1.82, 2.24) is 9.80 Å². The fourth-order valence-electron chi connectivity index (χ4n) is 3.84. The van der Waals surface area contributed by atoms with Crippen LogP contribution in [0.1, 0.15) is 32.3 Å². The monoisotopic (exact) mass is 294 g/mol. The number of nitrogens with zero attached hydrogens (tertiary/aromatic N) is 2. The largest absolute Gasteiger partial charge is 0.375 e. The molecule has 2 aliphatic rings. The van der Waals surface area contributed by atoms with Crippen molar-refractivity contribution in [2.45, 2.75) is 51.4 Å². The standard InChI is InChI=1S/C16H26N2OS/c1-3-17(4-2)15-11-18(10-13-7-9-20-12-13)14-6-5-8-19-16(14)15/h7,9,12,14-16H,3-6,8,10-11H2,1-2H3/t14-,15-,16+/m1/s1. The van der Waals surface area contributed by atoms with Crippen molar-refractivity contribution >= 4 is 11.3 Å². The molecule has 3 nitrogen and oxygen atoms in total. The van der Waals surface area contributed by atoms with Crippen molar-refractivity contribution in [3.63, 3.8) is 0 Å². The van der Waals surface area contributed by atoms with Crippen LogP contribution < -0.4 is 0 Å².